The Balaban J connectivity index is -0.000000114. The molecule has 0 spiro atoms. The molecular weight excluding hydrogens is 362 g/mol. The van der Waals surface area contributed by atoms with Crippen molar-refractivity contribution < 1.29 is 19.2 Å². The van der Waals surface area contributed by atoms with Crippen molar-refractivity contribution in [1.82, 2.24) is 21.4 Å². The van der Waals surface area contributed by atoms with Crippen molar-refractivity contribution in [1.29, 1.82) is 0 Å². The number of hydrazine groups is 1. The molecule has 168 valence electrons. The van der Waals surface area contributed by atoms with Crippen LogP contribution in [0.25, 0.3) is 0 Å². The summed E-state index contributed by atoms with van der Waals surface area (Å²) in [5, 5.41) is 8.10. The van der Waals surface area contributed by atoms with E-state index in [9.17, 15) is 19.2 Å². The average Bonchev–Trinajstić information content (AvgIpc) is 2.56. The number of carbonyl (C=O) groups excluding carboxylic acids is 4. The number of nitrogens with two attached hydrogens (primary N) is 1. The fourth-order valence-electron chi connectivity index (χ4n) is 1.91. The first-order chi connectivity index (χ1) is 11.7. The summed E-state index contributed by atoms with van der Waals surface area (Å²) >= 11 is 0. The molecule has 2 amide bonds. The van der Waals surface area contributed by atoms with E-state index in [2.05, 4.69) is 22.5 Å². The summed E-state index contributed by atoms with van der Waals surface area (Å²) in [6, 6.07) is -0.474. The number of amides is 2. The van der Waals surface area contributed by atoms with Gasteiger partial charge >= 0.3 is 0 Å². The van der Waals surface area contributed by atoms with Gasteiger partial charge in [0.25, 0.3) is 0 Å². The molecule has 0 aromatic carbocycles. The van der Waals surface area contributed by atoms with E-state index in [-0.39, 0.29) is 64.2 Å². The first-order valence-electron chi connectivity index (χ1n) is 7.98. The van der Waals surface area contributed by atoms with Crippen LogP contribution in [0.2, 0.25) is 0 Å². The van der Waals surface area contributed by atoms with Gasteiger partial charge in [0.05, 0.1) is 12.1 Å². The monoisotopic (exact) mass is 405 g/mol. The molecule has 0 aliphatic carbocycles. The standard InChI is InChI=1S/C9H16N2O2.C7H15N3O2.3CH4/c1-4-11-9(13)6-5-8(10-3)7(2)12;1-5(11)6(9-2)3-4-7(12)10-8;;;/h4,8,10H,1,5-6H2,2-3H3,(H,11,13);6,9H,3-4,8H2,1-2H3,(H,10,12);3*1H4. The minimum atomic E-state index is -0.253. The molecule has 0 aromatic rings. The predicted octanol–water partition coefficient (Wildman–Crippen LogP) is 1.05. The summed E-state index contributed by atoms with van der Waals surface area (Å²) in [6.07, 6.45) is 2.93. The van der Waals surface area contributed by atoms with E-state index < -0.39 is 0 Å². The Hall–Kier alpha value is -2.10. The lowest BCUT2D eigenvalue weighted by Crippen LogP contribution is -2.35. The molecule has 0 heterocycles. The maximum atomic E-state index is 11.0. The van der Waals surface area contributed by atoms with Crippen LogP contribution in [0.5, 0.6) is 0 Å². The molecule has 2 atom stereocenters. The number of hydrogen-bond donors (Lipinski definition) is 5. The molecule has 0 aromatic heterocycles. The smallest absolute Gasteiger partial charge is 0.233 e. The van der Waals surface area contributed by atoms with Crippen molar-refractivity contribution in [2.24, 2.45) is 5.84 Å². The van der Waals surface area contributed by atoms with Crippen LogP contribution in [0, 0.1) is 0 Å². The predicted molar refractivity (Wildman–Crippen MR) is 116 cm³/mol. The maximum Gasteiger partial charge on any atom is 0.233 e. The summed E-state index contributed by atoms with van der Waals surface area (Å²) in [5.74, 6) is 4.58. The second kappa shape index (κ2) is 22.9. The number of carbonyl (C=O) groups is 4. The summed E-state index contributed by atoms with van der Waals surface area (Å²) in [7, 11) is 3.39. The number of rotatable bonds is 11. The SMILES string of the molecule is C.C.C.C=CNC(=O)CCC(NC)C(C)=O.CNC(CCC(=O)NN)C(C)=O. The van der Waals surface area contributed by atoms with Gasteiger partial charge in [0.1, 0.15) is 11.6 Å². The van der Waals surface area contributed by atoms with Crippen molar-refractivity contribution >= 4 is 23.4 Å². The van der Waals surface area contributed by atoms with Gasteiger partial charge in [0.15, 0.2) is 0 Å². The Labute approximate surface area is 171 Å². The molecule has 0 saturated carbocycles. The van der Waals surface area contributed by atoms with Crippen molar-refractivity contribution in [2.45, 2.75) is 73.9 Å². The third kappa shape index (κ3) is 20.2. The molecule has 0 aliphatic rings. The summed E-state index contributed by atoms with van der Waals surface area (Å²) < 4.78 is 0. The van der Waals surface area contributed by atoms with Crippen LogP contribution in [-0.4, -0.2) is 49.6 Å². The highest BCUT2D eigenvalue weighted by atomic mass is 16.2. The molecule has 0 fully saturated rings. The summed E-state index contributed by atoms with van der Waals surface area (Å²) in [4.78, 5) is 43.4. The minimum Gasteiger partial charge on any atom is -0.333 e. The van der Waals surface area contributed by atoms with Crippen molar-refractivity contribution in [3.8, 4) is 0 Å². The molecule has 0 radical (unpaired) electrons. The fourth-order valence-corrected chi connectivity index (χ4v) is 1.91. The molecule has 28 heavy (non-hydrogen) atoms. The van der Waals surface area contributed by atoms with Crippen molar-refractivity contribution in [3.05, 3.63) is 12.8 Å². The van der Waals surface area contributed by atoms with E-state index in [1.807, 2.05) is 5.43 Å². The number of Topliss-reactive ketones (excluding diaryl/α,β-unsaturated/α-hetero) is 2. The van der Waals surface area contributed by atoms with Gasteiger partial charge in [0.2, 0.25) is 11.8 Å². The van der Waals surface area contributed by atoms with Gasteiger partial charge in [-0.2, -0.15) is 0 Å². The lowest BCUT2D eigenvalue weighted by Gasteiger charge is -2.11. The molecule has 0 aliphatic heterocycles. The maximum absolute atomic E-state index is 11.0. The first kappa shape index (κ1) is 36.8. The van der Waals surface area contributed by atoms with Gasteiger partial charge in [0, 0.05) is 12.8 Å². The fraction of sp³-hybridized carbons (Fsp3) is 0.684. The number of nitrogens with one attached hydrogen (secondary N) is 4. The second-order valence-corrected chi connectivity index (χ2v) is 5.32. The highest BCUT2D eigenvalue weighted by Crippen LogP contribution is 1.98. The molecule has 6 N–H and O–H groups in total. The Bertz CT molecular complexity index is 456. The first-order valence-corrected chi connectivity index (χ1v) is 7.98. The minimum absolute atomic E-state index is 0. The van der Waals surface area contributed by atoms with Crippen molar-refractivity contribution in [2.75, 3.05) is 14.1 Å². The number of hydrogen-bond acceptors (Lipinski definition) is 7. The van der Waals surface area contributed by atoms with Crippen LogP contribution in [0.4, 0.5) is 0 Å². The lowest BCUT2D eigenvalue weighted by molar-refractivity contribution is -0.123. The third-order valence-electron chi connectivity index (χ3n) is 3.42. The lowest BCUT2D eigenvalue weighted by atomic mass is 10.1. The van der Waals surface area contributed by atoms with Gasteiger partial charge in [-0.25, -0.2) is 5.84 Å². The van der Waals surface area contributed by atoms with E-state index in [0.717, 1.165) is 0 Å². The molecule has 9 heteroatoms. The molecule has 0 rings (SSSR count). The quantitative estimate of drug-likeness (QED) is 0.196. The zero-order valence-electron chi connectivity index (χ0n) is 15.5. The summed E-state index contributed by atoms with van der Waals surface area (Å²) in [5.41, 5.74) is 2.01. The van der Waals surface area contributed by atoms with E-state index >= 15 is 0 Å². The van der Waals surface area contributed by atoms with Gasteiger partial charge in [-0.3, -0.25) is 24.6 Å². The highest BCUT2D eigenvalue weighted by Gasteiger charge is 2.13. The second-order valence-electron chi connectivity index (χ2n) is 5.32. The van der Waals surface area contributed by atoms with Crippen LogP contribution in [0.1, 0.15) is 61.8 Å². The van der Waals surface area contributed by atoms with Gasteiger partial charge < -0.3 is 16.0 Å². The Kier molecular flexibility index (Phi) is 30.1. The van der Waals surface area contributed by atoms with Crippen LogP contribution in [-0.2, 0) is 19.2 Å². The topological polar surface area (TPSA) is 142 Å². The van der Waals surface area contributed by atoms with Gasteiger partial charge in [-0.1, -0.05) is 28.9 Å². The molecule has 9 nitrogen and oxygen atoms in total. The van der Waals surface area contributed by atoms with Crippen LogP contribution in [0.3, 0.4) is 0 Å². The van der Waals surface area contributed by atoms with Crippen LogP contribution < -0.4 is 27.2 Å². The number of ketones is 2. The van der Waals surface area contributed by atoms with Crippen LogP contribution in [0.15, 0.2) is 12.8 Å². The Morgan fingerprint density at radius 3 is 1.46 bits per heavy atom. The number of likely N-dealkylation sites (N-methyl/N-ethyl adjacent to an activating group) is 2. The Morgan fingerprint density at radius 2 is 1.21 bits per heavy atom. The normalized spacial score (nSPS) is 10.8. The highest BCUT2D eigenvalue weighted by molar-refractivity contribution is 5.83. The van der Waals surface area contributed by atoms with E-state index in [0.29, 0.717) is 19.3 Å². The van der Waals surface area contributed by atoms with E-state index in [4.69, 9.17) is 5.84 Å². The molecule has 0 bridgehead atoms. The summed E-state index contributed by atoms with van der Waals surface area (Å²) in [6.45, 7) is 6.36. The Morgan fingerprint density at radius 1 is 0.857 bits per heavy atom. The average molecular weight is 406 g/mol. The zero-order valence-corrected chi connectivity index (χ0v) is 15.5. The van der Waals surface area contributed by atoms with Crippen LogP contribution >= 0.6 is 0 Å². The van der Waals surface area contributed by atoms with Gasteiger partial charge in [-0.05, 0) is 47.0 Å². The zero-order chi connectivity index (χ0) is 19.8. The van der Waals surface area contributed by atoms with Crippen molar-refractivity contribution in [3.63, 3.8) is 0 Å². The molecule has 0 saturated heterocycles. The molecular formula is C19H43N5O4. The largest absolute Gasteiger partial charge is 0.333 e. The third-order valence-corrected chi connectivity index (χ3v) is 3.42. The van der Waals surface area contributed by atoms with Gasteiger partial charge in [-0.15, -0.1) is 0 Å². The van der Waals surface area contributed by atoms with E-state index in [1.54, 1.807) is 14.1 Å². The molecule has 2 unspecified atom stereocenters. The van der Waals surface area contributed by atoms with E-state index in [1.165, 1.54) is 20.0 Å².